The fraction of sp³-hybridized carbons (Fsp3) is 0.526. The van der Waals surface area contributed by atoms with Gasteiger partial charge < -0.3 is 19.7 Å². The molecule has 0 unspecified atom stereocenters. The minimum atomic E-state index is 0.740. The molecule has 1 aromatic carbocycles. The summed E-state index contributed by atoms with van der Waals surface area (Å²) in [5, 5.41) is 4.09. The summed E-state index contributed by atoms with van der Waals surface area (Å²) < 4.78 is 10.8. The first-order valence-electron chi connectivity index (χ1n) is 8.55. The first-order valence-corrected chi connectivity index (χ1v) is 8.96. The largest absolute Gasteiger partial charge is 0.493 e. The van der Waals surface area contributed by atoms with Crippen LogP contribution in [0.1, 0.15) is 18.1 Å². The van der Waals surface area contributed by atoms with Crippen LogP contribution in [0.5, 0.6) is 11.5 Å². The molecular formula is C19H29N3O2S. The maximum Gasteiger partial charge on any atom is 0.169 e. The Kier molecular flexibility index (Phi) is 7.08. The summed E-state index contributed by atoms with van der Waals surface area (Å²) >= 11 is 5.47. The Labute approximate surface area is 156 Å². The number of aryl methyl sites for hydroxylation is 1. The third-order valence-electron chi connectivity index (χ3n) is 4.44. The van der Waals surface area contributed by atoms with Crippen LogP contribution in [0.2, 0.25) is 0 Å². The Morgan fingerprint density at radius 3 is 2.32 bits per heavy atom. The van der Waals surface area contributed by atoms with E-state index < -0.39 is 0 Å². The molecule has 1 heterocycles. The molecule has 0 aromatic heterocycles. The number of ether oxygens (including phenoxy) is 2. The maximum absolute atomic E-state index is 5.47. The zero-order valence-corrected chi connectivity index (χ0v) is 16.5. The first-order chi connectivity index (χ1) is 11.9. The predicted octanol–water partition coefficient (Wildman–Crippen LogP) is 2.58. The number of hydrogen-bond donors (Lipinski definition) is 1. The maximum atomic E-state index is 5.47. The molecule has 0 spiro atoms. The van der Waals surface area contributed by atoms with Gasteiger partial charge in [0.25, 0.3) is 0 Å². The summed E-state index contributed by atoms with van der Waals surface area (Å²) in [6.45, 7) is 13.5. The van der Waals surface area contributed by atoms with Crippen LogP contribution in [0.25, 0.3) is 0 Å². The molecule has 0 bridgehead atoms. The van der Waals surface area contributed by atoms with Crippen molar-refractivity contribution in [3.8, 4) is 11.5 Å². The van der Waals surface area contributed by atoms with Gasteiger partial charge in [-0.25, -0.2) is 0 Å². The topological polar surface area (TPSA) is 37.0 Å². The second-order valence-electron chi connectivity index (χ2n) is 6.51. The van der Waals surface area contributed by atoms with Crippen molar-refractivity contribution in [3.05, 3.63) is 35.4 Å². The number of methoxy groups -OCH3 is 2. The molecule has 1 saturated heterocycles. The highest BCUT2D eigenvalue weighted by molar-refractivity contribution is 7.80. The first kappa shape index (κ1) is 19.5. The van der Waals surface area contributed by atoms with E-state index in [2.05, 4.69) is 34.7 Å². The van der Waals surface area contributed by atoms with Crippen molar-refractivity contribution in [1.82, 2.24) is 15.1 Å². The Morgan fingerprint density at radius 1 is 1.16 bits per heavy atom. The highest BCUT2D eigenvalue weighted by atomic mass is 32.1. The van der Waals surface area contributed by atoms with Gasteiger partial charge in [-0.3, -0.25) is 4.90 Å². The summed E-state index contributed by atoms with van der Waals surface area (Å²) in [7, 11) is 3.34. The minimum Gasteiger partial charge on any atom is -0.493 e. The molecule has 138 valence electrons. The fourth-order valence-electron chi connectivity index (χ4n) is 2.88. The molecule has 0 amide bonds. The Bertz CT molecular complexity index is 625. The lowest BCUT2D eigenvalue weighted by Crippen LogP contribution is -2.51. The van der Waals surface area contributed by atoms with Crippen molar-refractivity contribution in [2.75, 3.05) is 46.9 Å². The SMILES string of the molecule is C=C(C)CNC(=S)N1CCN(Cc2cc(OC)c(OC)cc2C)CC1. The molecular weight excluding hydrogens is 334 g/mol. The van der Waals surface area contributed by atoms with Crippen molar-refractivity contribution in [3.63, 3.8) is 0 Å². The van der Waals surface area contributed by atoms with Crippen molar-refractivity contribution in [2.45, 2.75) is 20.4 Å². The standard InChI is InChI=1S/C19H29N3O2S/c1-14(2)12-20-19(25)22-8-6-21(7-9-22)13-16-11-18(24-5)17(23-4)10-15(16)3/h10-11H,1,6-9,12-13H2,2-5H3,(H,20,25). The molecule has 0 atom stereocenters. The second kappa shape index (κ2) is 9.06. The lowest BCUT2D eigenvalue weighted by atomic mass is 10.1. The highest BCUT2D eigenvalue weighted by Gasteiger charge is 2.20. The third kappa shape index (κ3) is 5.34. The van der Waals surface area contributed by atoms with Gasteiger partial charge in [-0.1, -0.05) is 12.2 Å². The molecule has 5 nitrogen and oxygen atoms in total. The number of nitrogens with one attached hydrogen (secondary N) is 1. The lowest BCUT2D eigenvalue weighted by Gasteiger charge is -2.36. The Balaban J connectivity index is 1.92. The Hall–Kier alpha value is -1.79. The molecule has 2 rings (SSSR count). The van der Waals surface area contributed by atoms with E-state index in [1.807, 2.05) is 13.0 Å². The average molecular weight is 364 g/mol. The Morgan fingerprint density at radius 2 is 1.76 bits per heavy atom. The van der Waals surface area contributed by atoms with Crippen LogP contribution in [-0.2, 0) is 6.54 Å². The molecule has 1 aromatic rings. The summed E-state index contributed by atoms with van der Waals surface area (Å²) in [6.07, 6.45) is 0. The molecule has 25 heavy (non-hydrogen) atoms. The van der Waals surface area contributed by atoms with Gasteiger partial charge in [0, 0.05) is 39.3 Å². The molecule has 6 heteroatoms. The smallest absolute Gasteiger partial charge is 0.169 e. The van der Waals surface area contributed by atoms with Gasteiger partial charge >= 0.3 is 0 Å². The van der Waals surface area contributed by atoms with Gasteiger partial charge in [-0.15, -0.1) is 0 Å². The average Bonchev–Trinajstić information content (AvgIpc) is 2.61. The van der Waals surface area contributed by atoms with Gasteiger partial charge in [0.05, 0.1) is 14.2 Å². The number of benzene rings is 1. The number of thiocarbonyl (C=S) groups is 1. The zero-order chi connectivity index (χ0) is 18.4. The summed E-state index contributed by atoms with van der Waals surface area (Å²) in [6, 6.07) is 4.13. The van der Waals surface area contributed by atoms with Gasteiger partial charge in [0.15, 0.2) is 16.6 Å². The quantitative estimate of drug-likeness (QED) is 0.618. The van der Waals surface area contributed by atoms with Gasteiger partial charge in [0.2, 0.25) is 0 Å². The van der Waals surface area contributed by atoms with Crippen molar-refractivity contribution in [2.24, 2.45) is 0 Å². The van der Waals surface area contributed by atoms with Crippen LogP contribution in [0.4, 0.5) is 0 Å². The molecule has 0 saturated carbocycles. The highest BCUT2D eigenvalue weighted by Crippen LogP contribution is 2.30. The van der Waals surface area contributed by atoms with E-state index in [1.165, 1.54) is 11.1 Å². The van der Waals surface area contributed by atoms with E-state index in [9.17, 15) is 0 Å². The van der Waals surface area contributed by atoms with Crippen molar-refractivity contribution in [1.29, 1.82) is 0 Å². The number of rotatable bonds is 6. The molecule has 1 aliphatic rings. The summed E-state index contributed by atoms with van der Waals surface area (Å²) in [5.41, 5.74) is 3.58. The molecule has 1 aliphatic heterocycles. The van der Waals surface area contributed by atoms with Crippen molar-refractivity contribution < 1.29 is 9.47 Å². The van der Waals surface area contributed by atoms with Gasteiger partial charge in [-0.2, -0.15) is 0 Å². The van der Waals surface area contributed by atoms with Crippen LogP contribution in [0.15, 0.2) is 24.3 Å². The van der Waals surface area contributed by atoms with Crippen molar-refractivity contribution >= 4 is 17.3 Å². The number of nitrogens with zero attached hydrogens (tertiary/aromatic N) is 2. The summed E-state index contributed by atoms with van der Waals surface area (Å²) in [4.78, 5) is 4.68. The van der Waals surface area contributed by atoms with Gasteiger partial charge in [-0.05, 0) is 49.3 Å². The van der Waals surface area contributed by atoms with Crippen LogP contribution in [-0.4, -0.2) is 61.9 Å². The molecule has 0 aliphatic carbocycles. The minimum absolute atomic E-state index is 0.740. The number of hydrogen-bond acceptors (Lipinski definition) is 4. The normalized spacial score (nSPS) is 15.0. The van der Waals surface area contributed by atoms with Crippen LogP contribution in [0, 0.1) is 6.92 Å². The van der Waals surface area contributed by atoms with E-state index >= 15 is 0 Å². The van der Waals surface area contributed by atoms with E-state index in [0.29, 0.717) is 0 Å². The summed E-state index contributed by atoms with van der Waals surface area (Å²) in [5.74, 6) is 1.56. The third-order valence-corrected chi connectivity index (χ3v) is 4.84. The van der Waals surface area contributed by atoms with Crippen LogP contribution in [0.3, 0.4) is 0 Å². The number of piperazine rings is 1. The molecule has 0 radical (unpaired) electrons. The second-order valence-corrected chi connectivity index (χ2v) is 6.90. The van der Waals surface area contributed by atoms with E-state index in [-0.39, 0.29) is 0 Å². The predicted molar refractivity (Wildman–Crippen MR) is 107 cm³/mol. The fourth-order valence-corrected chi connectivity index (χ4v) is 3.14. The lowest BCUT2D eigenvalue weighted by molar-refractivity contribution is 0.174. The molecule has 1 fully saturated rings. The van der Waals surface area contributed by atoms with E-state index in [1.54, 1.807) is 14.2 Å². The monoisotopic (exact) mass is 363 g/mol. The van der Waals surface area contributed by atoms with Crippen LogP contribution < -0.4 is 14.8 Å². The van der Waals surface area contributed by atoms with E-state index in [4.69, 9.17) is 21.7 Å². The van der Waals surface area contributed by atoms with Gasteiger partial charge in [0.1, 0.15) is 0 Å². The van der Waals surface area contributed by atoms with E-state index in [0.717, 1.165) is 61.5 Å². The van der Waals surface area contributed by atoms with Crippen LogP contribution >= 0.6 is 12.2 Å². The molecule has 1 N–H and O–H groups in total. The zero-order valence-electron chi connectivity index (χ0n) is 15.7.